The molecule has 0 saturated heterocycles. The van der Waals surface area contributed by atoms with Crippen LogP contribution in [0.4, 0.5) is 0 Å². The van der Waals surface area contributed by atoms with Crippen molar-refractivity contribution < 1.29 is 54.2 Å². The molecule has 0 aromatic heterocycles. The SMILES string of the molecule is CC(=O)CC(C(=O)[O-])C(O)C(C)=O.[Na+]. The van der Waals surface area contributed by atoms with Gasteiger partial charge in [0.15, 0.2) is 5.78 Å². The molecule has 0 bridgehead atoms. The maximum atomic E-state index is 10.6. The topological polar surface area (TPSA) is 94.5 Å². The van der Waals surface area contributed by atoms with Gasteiger partial charge in [0.25, 0.3) is 0 Å². The van der Waals surface area contributed by atoms with E-state index in [4.69, 9.17) is 5.11 Å². The summed E-state index contributed by atoms with van der Waals surface area (Å²) in [6.45, 7) is 2.24. The van der Waals surface area contributed by atoms with Crippen molar-refractivity contribution in [1.82, 2.24) is 0 Å². The summed E-state index contributed by atoms with van der Waals surface area (Å²) in [5, 5.41) is 19.5. The molecule has 5 nitrogen and oxygen atoms in total. The predicted molar refractivity (Wildman–Crippen MR) is 40.5 cm³/mol. The van der Waals surface area contributed by atoms with Gasteiger partial charge < -0.3 is 19.8 Å². The summed E-state index contributed by atoms with van der Waals surface area (Å²) in [6, 6.07) is 0. The van der Waals surface area contributed by atoms with Crippen molar-refractivity contribution >= 4 is 17.5 Å². The fourth-order valence-corrected chi connectivity index (χ4v) is 0.917. The number of aliphatic hydroxyl groups is 1. The fourth-order valence-electron chi connectivity index (χ4n) is 0.917. The van der Waals surface area contributed by atoms with E-state index in [9.17, 15) is 19.5 Å². The molecule has 0 heterocycles. The van der Waals surface area contributed by atoms with E-state index in [1.165, 1.54) is 6.92 Å². The van der Waals surface area contributed by atoms with Crippen LogP contribution < -0.4 is 34.7 Å². The second-order valence-corrected chi connectivity index (χ2v) is 2.89. The van der Waals surface area contributed by atoms with E-state index in [1.54, 1.807) is 0 Å². The van der Waals surface area contributed by atoms with Crippen molar-refractivity contribution in [2.45, 2.75) is 26.4 Å². The monoisotopic (exact) mass is 210 g/mol. The molecular formula is C8H11NaO5. The third kappa shape index (κ3) is 5.49. The Labute approximate surface area is 104 Å². The number of hydrogen-bond donors (Lipinski definition) is 1. The van der Waals surface area contributed by atoms with Crippen molar-refractivity contribution in [3.05, 3.63) is 0 Å². The Balaban J connectivity index is 0. The van der Waals surface area contributed by atoms with Crippen LogP contribution in [0.1, 0.15) is 20.3 Å². The first-order chi connectivity index (χ1) is 5.86. The molecule has 2 unspecified atom stereocenters. The Hall–Kier alpha value is -0.230. The predicted octanol–water partition coefficient (Wildman–Crippen LogP) is -4.71. The van der Waals surface area contributed by atoms with Crippen molar-refractivity contribution in [1.29, 1.82) is 0 Å². The molecule has 0 rings (SSSR count). The number of hydrogen-bond acceptors (Lipinski definition) is 5. The minimum Gasteiger partial charge on any atom is -0.550 e. The Morgan fingerprint density at radius 2 is 1.71 bits per heavy atom. The summed E-state index contributed by atoms with van der Waals surface area (Å²) in [6.07, 6.45) is -2.04. The number of carbonyl (C=O) groups is 3. The minimum absolute atomic E-state index is 0. The Kier molecular flexibility index (Phi) is 8.24. The van der Waals surface area contributed by atoms with E-state index in [1.807, 2.05) is 0 Å². The van der Waals surface area contributed by atoms with Crippen LogP contribution >= 0.6 is 0 Å². The molecule has 0 fully saturated rings. The molecule has 14 heavy (non-hydrogen) atoms. The second-order valence-electron chi connectivity index (χ2n) is 2.89. The smallest absolute Gasteiger partial charge is 0.550 e. The van der Waals surface area contributed by atoms with Gasteiger partial charge in [-0.1, -0.05) is 0 Å². The number of carboxylic acid groups (broad SMARTS) is 1. The third-order valence-corrected chi connectivity index (χ3v) is 1.61. The summed E-state index contributed by atoms with van der Waals surface area (Å²) < 4.78 is 0. The summed E-state index contributed by atoms with van der Waals surface area (Å²) in [5.41, 5.74) is 0. The Morgan fingerprint density at radius 1 is 1.29 bits per heavy atom. The van der Waals surface area contributed by atoms with Crippen LogP contribution in [0.5, 0.6) is 0 Å². The number of Topliss-reactive ketones (excluding diaryl/α,β-unsaturated/α-hetero) is 2. The average Bonchev–Trinajstić information content (AvgIpc) is 1.97. The zero-order valence-corrected chi connectivity index (χ0v) is 10.4. The van der Waals surface area contributed by atoms with E-state index in [0.717, 1.165) is 6.92 Å². The average molecular weight is 210 g/mol. The molecule has 74 valence electrons. The van der Waals surface area contributed by atoms with Crippen molar-refractivity contribution in [3.63, 3.8) is 0 Å². The van der Waals surface area contributed by atoms with Gasteiger partial charge in [-0.15, -0.1) is 0 Å². The quantitative estimate of drug-likeness (QED) is 0.460. The molecule has 0 saturated carbocycles. The molecule has 0 aromatic carbocycles. The summed E-state index contributed by atoms with van der Waals surface area (Å²) in [5.74, 6) is -4.11. The first-order valence-corrected chi connectivity index (χ1v) is 3.75. The number of aliphatic hydroxyl groups excluding tert-OH is 1. The Bertz CT molecular complexity index is 238. The first-order valence-electron chi connectivity index (χ1n) is 3.75. The fraction of sp³-hybridized carbons (Fsp3) is 0.625. The molecule has 0 aliphatic heterocycles. The maximum Gasteiger partial charge on any atom is 1.00 e. The number of rotatable bonds is 5. The van der Waals surface area contributed by atoms with Crippen LogP contribution in [0.25, 0.3) is 0 Å². The molecule has 0 aromatic rings. The van der Waals surface area contributed by atoms with E-state index < -0.39 is 29.6 Å². The van der Waals surface area contributed by atoms with Crippen molar-refractivity contribution in [2.24, 2.45) is 5.92 Å². The van der Waals surface area contributed by atoms with E-state index in [-0.39, 0.29) is 36.0 Å². The standard InChI is InChI=1S/C8H12O5.Na/c1-4(9)3-6(8(12)13)7(11)5(2)10;/h6-7,11H,3H2,1-2H3,(H,12,13);/q;+1/p-1. The van der Waals surface area contributed by atoms with Gasteiger partial charge in [0.2, 0.25) is 0 Å². The van der Waals surface area contributed by atoms with Crippen LogP contribution in [0, 0.1) is 5.92 Å². The summed E-state index contributed by atoms with van der Waals surface area (Å²) in [7, 11) is 0. The van der Waals surface area contributed by atoms with Gasteiger partial charge in [0.1, 0.15) is 11.9 Å². The van der Waals surface area contributed by atoms with E-state index in [0.29, 0.717) is 0 Å². The number of carbonyl (C=O) groups excluding carboxylic acids is 3. The van der Waals surface area contributed by atoms with Crippen molar-refractivity contribution in [3.8, 4) is 0 Å². The van der Waals surface area contributed by atoms with Gasteiger partial charge in [-0.2, -0.15) is 0 Å². The molecule has 0 spiro atoms. The van der Waals surface area contributed by atoms with E-state index in [2.05, 4.69) is 0 Å². The molecule has 6 heteroatoms. The van der Waals surface area contributed by atoms with Gasteiger partial charge >= 0.3 is 29.6 Å². The van der Waals surface area contributed by atoms with Crippen LogP contribution in [0.2, 0.25) is 0 Å². The van der Waals surface area contributed by atoms with Gasteiger partial charge in [0, 0.05) is 18.3 Å². The zero-order chi connectivity index (χ0) is 10.6. The summed E-state index contributed by atoms with van der Waals surface area (Å²) in [4.78, 5) is 31.6. The summed E-state index contributed by atoms with van der Waals surface area (Å²) >= 11 is 0. The van der Waals surface area contributed by atoms with Gasteiger partial charge in [-0.3, -0.25) is 4.79 Å². The molecule has 0 aliphatic rings. The van der Waals surface area contributed by atoms with Crippen LogP contribution in [-0.4, -0.2) is 28.7 Å². The molecule has 2 atom stereocenters. The van der Waals surface area contributed by atoms with Crippen LogP contribution in [-0.2, 0) is 14.4 Å². The zero-order valence-electron chi connectivity index (χ0n) is 8.44. The largest absolute Gasteiger partial charge is 1.00 e. The molecule has 0 amide bonds. The minimum atomic E-state index is -1.66. The van der Waals surface area contributed by atoms with Crippen LogP contribution in [0.3, 0.4) is 0 Å². The first kappa shape index (κ1) is 16.2. The number of ketones is 2. The van der Waals surface area contributed by atoms with Crippen molar-refractivity contribution in [2.75, 3.05) is 0 Å². The van der Waals surface area contributed by atoms with E-state index >= 15 is 0 Å². The molecule has 0 aliphatic carbocycles. The molecular weight excluding hydrogens is 199 g/mol. The number of carboxylic acids is 1. The van der Waals surface area contributed by atoms with Gasteiger partial charge in [-0.05, 0) is 13.8 Å². The molecule has 0 radical (unpaired) electrons. The number of aliphatic carboxylic acids is 1. The van der Waals surface area contributed by atoms with Gasteiger partial charge in [-0.25, -0.2) is 0 Å². The van der Waals surface area contributed by atoms with Crippen LogP contribution in [0.15, 0.2) is 0 Å². The normalized spacial score (nSPS) is 13.6. The van der Waals surface area contributed by atoms with Gasteiger partial charge in [0.05, 0.1) is 0 Å². The third-order valence-electron chi connectivity index (χ3n) is 1.61. The maximum absolute atomic E-state index is 10.6. The second kappa shape index (κ2) is 7.11. The Morgan fingerprint density at radius 3 is 1.93 bits per heavy atom. The molecule has 1 N–H and O–H groups in total.